The second kappa shape index (κ2) is 7.35. The first kappa shape index (κ1) is 17.6. The van der Waals surface area contributed by atoms with E-state index in [2.05, 4.69) is 10.2 Å². The number of hydrogen-bond donors (Lipinski definition) is 1. The van der Waals surface area contributed by atoms with Gasteiger partial charge in [0.05, 0.1) is 18.8 Å². The minimum absolute atomic E-state index is 0.118. The smallest absolute Gasteiger partial charge is 0.223 e. The van der Waals surface area contributed by atoms with Crippen molar-refractivity contribution >= 4 is 5.91 Å². The van der Waals surface area contributed by atoms with E-state index in [4.69, 9.17) is 4.74 Å². The molecule has 1 aliphatic rings. The molecule has 0 bridgehead atoms. The van der Waals surface area contributed by atoms with Crippen molar-refractivity contribution in [2.24, 2.45) is 0 Å². The molecule has 0 radical (unpaired) electrons. The number of aryl methyl sites for hydroxylation is 3. The van der Waals surface area contributed by atoms with E-state index in [1.54, 1.807) is 19.1 Å². The number of morpholine rings is 1. The highest BCUT2D eigenvalue weighted by atomic mass is 19.1. The Hall–Kier alpha value is -2.21. The van der Waals surface area contributed by atoms with Crippen molar-refractivity contribution < 1.29 is 13.9 Å². The maximum Gasteiger partial charge on any atom is 0.223 e. The number of nitrogens with zero attached hydrogens (tertiary/aromatic N) is 2. The van der Waals surface area contributed by atoms with Crippen molar-refractivity contribution in [2.45, 2.75) is 39.7 Å². The molecular formula is C19H24FN3O2. The van der Waals surface area contributed by atoms with Crippen LogP contribution in [0.1, 0.15) is 40.6 Å². The van der Waals surface area contributed by atoms with Crippen LogP contribution in [-0.4, -0.2) is 40.7 Å². The van der Waals surface area contributed by atoms with E-state index in [0.29, 0.717) is 38.1 Å². The first-order valence-electron chi connectivity index (χ1n) is 8.61. The summed E-state index contributed by atoms with van der Waals surface area (Å²) in [5, 5.41) is 7.13. The van der Waals surface area contributed by atoms with Crippen molar-refractivity contribution in [3.63, 3.8) is 0 Å². The van der Waals surface area contributed by atoms with Crippen molar-refractivity contribution in [3.8, 4) is 0 Å². The fourth-order valence-electron chi connectivity index (χ4n) is 3.28. The lowest BCUT2D eigenvalue weighted by Crippen LogP contribution is -2.42. The van der Waals surface area contributed by atoms with Crippen LogP contribution < -0.4 is 0 Å². The molecule has 0 saturated carbocycles. The van der Waals surface area contributed by atoms with Gasteiger partial charge in [0.25, 0.3) is 0 Å². The lowest BCUT2D eigenvalue weighted by molar-refractivity contribution is -0.139. The normalized spacial score (nSPS) is 17.8. The molecule has 0 spiro atoms. The molecule has 0 unspecified atom stereocenters. The summed E-state index contributed by atoms with van der Waals surface area (Å²) in [6, 6.07) is 4.99. The van der Waals surface area contributed by atoms with Gasteiger partial charge in [-0.2, -0.15) is 5.10 Å². The van der Waals surface area contributed by atoms with Gasteiger partial charge in [-0.05, 0) is 49.9 Å². The lowest BCUT2D eigenvalue weighted by Gasteiger charge is -2.33. The van der Waals surface area contributed by atoms with Crippen LogP contribution in [0.15, 0.2) is 18.2 Å². The number of ether oxygens (including phenoxy) is 1. The molecule has 0 aliphatic carbocycles. The molecule has 3 rings (SSSR count). The van der Waals surface area contributed by atoms with E-state index in [9.17, 15) is 9.18 Å². The second-order valence-corrected chi connectivity index (χ2v) is 6.62. The molecule has 2 aromatic rings. The van der Waals surface area contributed by atoms with E-state index in [1.165, 1.54) is 6.07 Å². The Morgan fingerprint density at radius 2 is 2.20 bits per heavy atom. The van der Waals surface area contributed by atoms with Crippen LogP contribution in [0, 0.1) is 26.6 Å². The number of carbonyl (C=O) groups excluding carboxylic acids is 1. The number of aromatic amines is 1. The van der Waals surface area contributed by atoms with Crippen LogP contribution in [-0.2, 0) is 16.0 Å². The van der Waals surface area contributed by atoms with Gasteiger partial charge in [-0.25, -0.2) is 4.39 Å². The number of rotatable bonds is 4. The molecule has 5 nitrogen and oxygen atoms in total. The lowest BCUT2D eigenvalue weighted by atomic mass is 10.0. The van der Waals surface area contributed by atoms with Gasteiger partial charge in [0.15, 0.2) is 0 Å². The Bertz CT molecular complexity index is 753. The zero-order chi connectivity index (χ0) is 18.0. The second-order valence-electron chi connectivity index (χ2n) is 6.62. The summed E-state index contributed by atoms with van der Waals surface area (Å²) in [7, 11) is 0. The molecule has 1 fully saturated rings. The van der Waals surface area contributed by atoms with Gasteiger partial charge in [0.1, 0.15) is 11.9 Å². The highest BCUT2D eigenvalue weighted by molar-refractivity contribution is 5.76. The minimum atomic E-state index is -0.224. The predicted octanol–water partition coefficient (Wildman–Crippen LogP) is 3.01. The van der Waals surface area contributed by atoms with Crippen molar-refractivity contribution in [1.29, 1.82) is 0 Å². The van der Waals surface area contributed by atoms with Crippen LogP contribution in [0.3, 0.4) is 0 Å². The molecular weight excluding hydrogens is 321 g/mol. The van der Waals surface area contributed by atoms with Gasteiger partial charge in [-0.1, -0.05) is 12.1 Å². The van der Waals surface area contributed by atoms with Crippen molar-refractivity contribution in [1.82, 2.24) is 15.1 Å². The molecule has 1 atom stereocenters. The van der Waals surface area contributed by atoms with Crippen molar-refractivity contribution in [3.05, 3.63) is 52.1 Å². The largest absolute Gasteiger partial charge is 0.370 e. The molecule has 1 aromatic heterocycles. The Kier molecular flexibility index (Phi) is 5.18. The number of hydrogen-bond acceptors (Lipinski definition) is 3. The molecule has 1 saturated heterocycles. The van der Waals surface area contributed by atoms with Gasteiger partial charge in [0.2, 0.25) is 5.91 Å². The highest BCUT2D eigenvalue weighted by Crippen LogP contribution is 2.24. The van der Waals surface area contributed by atoms with Crippen LogP contribution >= 0.6 is 0 Å². The van der Waals surface area contributed by atoms with E-state index >= 15 is 0 Å². The molecule has 1 N–H and O–H groups in total. The Morgan fingerprint density at radius 1 is 1.40 bits per heavy atom. The topological polar surface area (TPSA) is 58.2 Å². The van der Waals surface area contributed by atoms with Crippen LogP contribution in [0.2, 0.25) is 0 Å². The van der Waals surface area contributed by atoms with Crippen LogP contribution in [0.5, 0.6) is 0 Å². The first-order chi connectivity index (χ1) is 12.0. The van der Waals surface area contributed by atoms with E-state index in [1.807, 2.05) is 18.7 Å². The number of nitrogens with one attached hydrogen (secondary N) is 1. The summed E-state index contributed by atoms with van der Waals surface area (Å²) in [4.78, 5) is 14.4. The van der Waals surface area contributed by atoms with Gasteiger partial charge in [-0.3, -0.25) is 9.89 Å². The fraction of sp³-hybridized carbons (Fsp3) is 0.474. The number of halogens is 1. The average Bonchev–Trinajstić information content (AvgIpc) is 2.93. The third kappa shape index (κ3) is 3.90. The summed E-state index contributed by atoms with van der Waals surface area (Å²) in [5.41, 5.74) is 4.60. The first-order valence-corrected chi connectivity index (χ1v) is 8.61. The van der Waals surface area contributed by atoms with Gasteiger partial charge >= 0.3 is 0 Å². The zero-order valence-corrected chi connectivity index (χ0v) is 14.9. The summed E-state index contributed by atoms with van der Waals surface area (Å²) in [5.74, 6) is -0.106. The van der Waals surface area contributed by atoms with Crippen molar-refractivity contribution in [2.75, 3.05) is 19.7 Å². The highest BCUT2D eigenvalue weighted by Gasteiger charge is 2.25. The quantitative estimate of drug-likeness (QED) is 0.927. The third-order valence-corrected chi connectivity index (χ3v) is 4.84. The molecule has 1 aromatic carbocycles. The summed E-state index contributed by atoms with van der Waals surface area (Å²) in [6.45, 7) is 7.26. The predicted molar refractivity (Wildman–Crippen MR) is 92.8 cm³/mol. The Labute approximate surface area is 147 Å². The van der Waals surface area contributed by atoms with E-state index in [-0.39, 0.29) is 17.8 Å². The molecule has 1 aliphatic heterocycles. The fourth-order valence-corrected chi connectivity index (χ4v) is 3.28. The number of H-pyrrole nitrogens is 1. The zero-order valence-electron chi connectivity index (χ0n) is 14.9. The van der Waals surface area contributed by atoms with Gasteiger partial charge < -0.3 is 9.64 Å². The Balaban J connectivity index is 1.62. The average molecular weight is 345 g/mol. The monoisotopic (exact) mass is 345 g/mol. The van der Waals surface area contributed by atoms with E-state index in [0.717, 1.165) is 22.5 Å². The van der Waals surface area contributed by atoms with E-state index < -0.39 is 0 Å². The summed E-state index contributed by atoms with van der Waals surface area (Å²) >= 11 is 0. The standard InChI is InChI=1S/C19H24FN3O2/c1-12-10-15(4-6-17(12)20)18-11-23(8-9-25-18)19(24)7-5-16-13(2)21-22-14(16)3/h4,6,10,18H,5,7-9,11H2,1-3H3,(H,21,22)/t18-/m1/s1. The van der Waals surface area contributed by atoms with Crippen LogP contribution in [0.4, 0.5) is 4.39 Å². The molecule has 1 amide bonds. The number of benzene rings is 1. The molecule has 2 heterocycles. The minimum Gasteiger partial charge on any atom is -0.370 e. The Morgan fingerprint density at radius 3 is 2.88 bits per heavy atom. The SMILES string of the molecule is Cc1cc([C@H]2CN(C(=O)CCc3c(C)n[nH]c3C)CCO2)ccc1F. The summed E-state index contributed by atoms with van der Waals surface area (Å²) < 4.78 is 19.3. The summed E-state index contributed by atoms with van der Waals surface area (Å²) in [6.07, 6.45) is 0.940. The molecule has 134 valence electrons. The van der Waals surface area contributed by atoms with Gasteiger partial charge in [0, 0.05) is 18.7 Å². The third-order valence-electron chi connectivity index (χ3n) is 4.84. The number of carbonyl (C=O) groups is 1. The molecule has 6 heteroatoms. The maximum atomic E-state index is 13.5. The maximum absolute atomic E-state index is 13.5. The molecule has 25 heavy (non-hydrogen) atoms. The van der Waals surface area contributed by atoms with Crippen LogP contribution in [0.25, 0.3) is 0 Å². The number of aromatic nitrogens is 2. The number of amides is 1. The van der Waals surface area contributed by atoms with Gasteiger partial charge in [-0.15, -0.1) is 0 Å².